The highest BCUT2D eigenvalue weighted by Gasteiger charge is 2.26. The summed E-state index contributed by atoms with van der Waals surface area (Å²) in [5, 5.41) is 8.14. The van der Waals surface area contributed by atoms with E-state index in [9.17, 15) is 4.79 Å². The fraction of sp³-hybridized carbons (Fsp3) is 0.0294. The van der Waals surface area contributed by atoms with Crippen LogP contribution in [0.5, 0.6) is 0 Å². The van der Waals surface area contributed by atoms with Crippen molar-refractivity contribution in [1.29, 1.82) is 0 Å². The molecule has 0 saturated heterocycles. The number of ether oxygens (including phenoxy) is 1. The number of benzene rings is 6. The largest absolute Gasteiger partial charge is 0.465 e. The van der Waals surface area contributed by atoms with Gasteiger partial charge in [0, 0.05) is 5.56 Å². The third-order valence-corrected chi connectivity index (χ3v) is 9.24. The summed E-state index contributed by atoms with van der Waals surface area (Å²) in [6, 6.07) is 46.5. The molecule has 0 aliphatic rings. The number of rotatable bonds is 5. The van der Waals surface area contributed by atoms with Crippen molar-refractivity contribution in [3.63, 3.8) is 0 Å². The first kappa shape index (κ1) is 23.2. The van der Waals surface area contributed by atoms with Crippen LogP contribution in [-0.4, -0.2) is 13.1 Å². The van der Waals surface area contributed by atoms with E-state index in [1.54, 1.807) is 0 Å². The molecule has 0 bridgehead atoms. The molecule has 0 aromatic heterocycles. The van der Waals surface area contributed by atoms with Gasteiger partial charge in [-0.3, -0.25) is 0 Å². The van der Waals surface area contributed by atoms with Crippen LogP contribution in [0.25, 0.3) is 32.7 Å². The van der Waals surface area contributed by atoms with E-state index >= 15 is 0 Å². The molecule has 0 amide bonds. The van der Waals surface area contributed by atoms with Crippen LogP contribution in [0.4, 0.5) is 0 Å². The van der Waals surface area contributed by atoms with Crippen molar-refractivity contribution in [3.8, 4) is 11.1 Å². The molecule has 0 heterocycles. The number of hydrogen-bond acceptors (Lipinski definition) is 2. The van der Waals surface area contributed by atoms with Crippen LogP contribution in [0.15, 0.2) is 133 Å². The molecule has 0 aliphatic carbocycles. The third-order valence-electron chi connectivity index (χ3n) is 6.76. The fourth-order valence-electron chi connectivity index (χ4n) is 5.11. The Kier molecular flexibility index (Phi) is 6.26. The lowest BCUT2D eigenvalue weighted by molar-refractivity contribution is 0.0602. The molecule has 3 heteroatoms. The maximum Gasteiger partial charge on any atom is 0.338 e. The summed E-state index contributed by atoms with van der Waals surface area (Å²) < 4.78 is 5.30. The number of methoxy groups -OCH3 is 1. The standard InChI is InChI=1S/C34H25O2P/c1-36-34(35)30-22-20-24-12-8-10-18-28(24)32(30)33-29-19-11-9-13-25(29)21-23-31(33)37(26-14-4-2-5-15-26)27-16-6-3-7-17-27/h2-23H,1H3. The molecule has 2 nitrogen and oxygen atoms in total. The normalized spacial score (nSPS) is 11.2. The van der Waals surface area contributed by atoms with E-state index in [0.717, 1.165) is 32.7 Å². The minimum Gasteiger partial charge on any atom is -0.465 e. The molecule has 0 fully saturated rings. The molecular weight excluding hydrogens is 471 g/mol. The van der Waals surface area contributed by atoms with Gasteiger partial charge in [0.2, 0.25) is 0 Å². The van der Waals surface area contributed by atoms with Crippen LogP contribution in [0.2, 0.25) is 0 Å². The topological polar surface area (TPSA) is 26.3 Å². The summed E-state index contributed by atoms with van der Waals surface area (Å²) in [5.74, 6) is -0.330. The molecule has 0 spiro atoms. The summed E-state index contributed by atoms with van der Waals surface area (Å²) in [7, 11) is 0.544. The van der Waals surface area contributed by atoms with Crippen molar-refractivity contribution >= 4 is 51.3 Å². The predicted octanol–water partition coefficient (Wildman–Crippen LogP) is 7.20. The van der Waals surface area contributed by atoms with Crippen molar-refractivity contribution in [2.45, 2.75) is 0 Å². The Labute approximate surface area is 217 Å². The number of fused-ring (bicyclic) bond motifs is 2. The van der Waals surface area contributed by atoms with Gasteiger partial charge in [0.1, 0.15) is 0 Å². The summed E-state index contributed by atoms with van der Waals surface area (Å²) in [6.07, 6.45) is 0. The SMILES string of the molecule is COC(=O)c1ccc2ccccc2c1-c1c(P(c2ccccc2)c2ccccc2)ccc2ccccc12. The zero-order chi connectivity index (χ0) is 25.2. The minimum absolute atomic E-state index is 0.330. The molecule has 0 unspecified atom stereocenters. The zero-order valence-electron chi connectivity index (χ0n) is 20.5. The molecule has 6 aromatic rings. The van der Waals surface area contributed by atoms with Crippen LogP contribution in [-0.2, 0) is 4.74 Å². The Balaban J connectivity index is 1.79. The van der Waals surface area contributed by atoms with Crippen molar-refractivity contribution in [1.82, 2.24) is 0 Å². The average Bonchev–Trinajstić information content (AvgIpc) is 2.97. The molecular formula is C34H25O2P. The summed E-state index contributed by atoms with van der Waals surface area (Å²) >= 11 is 0. The highest BCUT2D eigenvalue weighted by molar-refractivity contribution is 7.80. The Hall–Kier alpha value is -4.26. The van der Waals surface area contributed by atoms with Crippen LogP contribution in [0.3, 0.4) is 0 Å². The van der Waals surface area contributed by atoms with Gasteiger partial charge in [0.25, 0.3) is 0 Å². The van der Waals surface area contributed by atoms with E-state index in [1.165, 1.54) is 23.0 Å². The van der Waals surface area contributed by atoms with Crippen molar-refractivity contribution in [2.75, 3.05) is 7.11 Å². The highest BCUT2D eigenvalue weighted by Crippen LogP contribution is 2.43. The van der Waals surface area contributed by atoms with E-state index in [4.69, 9.17) is 4.74 Å². The Bertz CT molecular complexity index is 1690. The summed E-state index contributed by atoms with van der Waals surface area (Å²) in [4.78, 5) is 13.2. The Morgan fingerprint density at radius 2 is 1.03 bits per heavy atom. The Morgan fingerprint density at radius 1 is 0.541 bits per heavy atom. The number of hydrogen-bond donors (Lipinski definition) is 0. The molecule has 178 valence electrons. The van der Waals surface area contributed by atoms with Gasteiger partial charge in [-0.15, -0.1) is 0 Å². The quantitative estimate of drug-likeness (QED) is 0.186. The van der Waals surface area contributed by atoms with Crippen LogP contribution in [0, 0.1) is 0 Å². The van der Waals surface area contributed by atoms with Gasteiger partial charge in [-0.2, -0.15) is 0 Å². The lowest BCUT2D eigenvalue weighted by atomic mass is 9.90. The van der Waals surface area contributed by atoms with E-state index < -0.39 is 7.92 Å². The van der Waals surface area contributed by atoms with Gasteiger partial charge < -0.3 is 4.74 Å². The van der Waals surface area contributed by atoms with Crippen LogP contribution < -0.4 is 15.9 Å². The average molecular weight is 497 g/mol. The smallest absolute Gasteiger partial charge is 0.338 e. The van der Waals surface area contributed by atoms with Gasteiger partial charge in [0.15, 0.2) is 0 Å². The second-order valence-corrected chi connectivity index (χ2v) is 11.1. The van der Waals surface area contributed by atoms with Gasteiger partial charge in [-0.1, -0.05) is 127 Å². The maximum absolute atomic E-state index is 13.2. The molecule has 6 rings (SSSR count). The zero-order valence-corrected chi connectivity index (χ0v) is 21.4. The lowest BCUT2D eigenvalue weighted by Crippen LogP contribution is -2.23. The van der Waals surface area contributed by atoms with Crippen molar-refractivity contribution in [2.24, 2.45) is 0 Å². The second-order valence-electron chi connectivity index (χ2n) is 8.89. The fourth-order valence-corrected chi connectivity index (χ4v) is 7.59. The summed E-state index contributed by atoms with van der Waals surface area (Å²) in [6.45, 7) is 0. The first-order chi connectivity index (χ1) is 18.3. The molecule has 6 aromatic carbocycles. The number of esters is 1. The van der Waals surface area contributed by atoms with Crippen molar-refractivity contribution < 1.29 is 9.53 Å². The third kappa shape index (κ3) is 4.20. The molecule has 0 radical (unpaired) electrons. The van der Waals surface area contributed by atoms with Gasteiger partial charge in [0.05, 0.1) is 12.7 Å². The number of carbonyl (C=O) groups is 1. The molecule has 0 atom stereocenters. The van der Waals surface area contributed by atoms with E-state index in [0.29, 0.717) is 5.56 Å². The minimum atomic E-state index is -0.907. The molecule has 37 heavy (non-hydrogen) atoms. The van der Waals surface area contributed by atoms with E-state index in [2.05, 4.69) is 109 Å². The Morgan fingerprint density at radius 3 is 1.59 bits per heavy atom. The highest BCUT2D eigenvalue weighted by atomic mass is 31.1. The molecule has 0 saturated carbocycles. The summed E-state index contributed by atoms with van der Waals surface area (Å²) in [5.41, 5.74) is 2.60. The monoisotopic (exact) mass is 496 g/mol. The first-order valence-electron chi connectivity index (χ1n) is 12.3. The predicted molar refractivity (Wildman–Crippen MR) is 157 cm³/mol. The van der Waals surface area contributed by atoms with E-state index in [-0.39, 0.29) is 5.97 Å². The van der Waals surface area contributed by atoms with Gasteiger partial charge in [-0.25, -0.2) is 4.79 Å². The van der Waals surface area contributed by atoms with E-state index in [1.807, 2.05) is 24.3 Å². The second kappa shape index (κ2) is 10.0. The van der Waals surface area contributed by atoms with Crippen molar-refractivity contribution in [3.05, 3.63) is 139 Å². The van der Waals surface area contributed by atoms with Crippen LogP contribution >= 0.6 is 7.92 Å². The maximum atomic E-state index is 13.2. The van der Waals surface area contributed by atoms with Crippen LogP contribution in [0.1, 0.15) is 10.4 Å². The first-order valence-corrected chi connectivity index (χ1v) is 13.6. The van der Waals surface area contributed by atoms with Gasteiger partial charge in [-0.05, 0) is 57.0 Å². The molecule has 0 aliphatic heterocycles. The number of carbonyl (C=O) groups excluding carboxylic acids is 1. The lowest BCUT2D eigenvalue weighted by Gasteiger charge is -2.25. The molecule has 0 N–H and O–H groups in total. The van der Waals surface area contributed by atoms with Gasteiger partial charge >= 0.3 is 5.97 Å².